The molecule has 4 nitrogen and oxygen atoms in total. The Morgan fingerprint density at radius 2 is 1.88 bits per heavy atom. The fraction of sp³-hybridized carbons (Fsp3) is 0.0588. The van der Waals surface area contributed by atoms with Crippen LogP contribution in [-0.2, 0) is 4.79 Å². The standard InChI is InChI=1S/C17H12BrClN2O2S/c18-12-3-1-11(2-4-12)15-10-24-17(20-15)21-16(22)9-23-14-7-5-13(19)6-8-14/h1-8,10H,9H2,(H,20,21,22). The van der Waals surface area contributed by atoms with Crippen LogP contribution >= 0.6 is 38.9 Å². The highest BCUT2D eigenvalue weighted by atomic mass is 79.9. The number of anilines is 1. The number of carbonyl (C=O) groups excluding carboxylic acids is 1. The first kappa shape index (κ1) is 17.0. The number of thiazole rings is 1. The van der Waals surface area contributed by atoms with Gasteiger partial charge in [-0.25, -0.2) is 4.98 Å². The van der Waals surface area contributed by atoms with E-state index in [1.807, 2.05) is 29.6 Å². The number of aromatic nitrogens is 1. The molecule has 3 aromatic rings. The Labute approximate surface area is 156 Å². The molecule has 1 amide bonds. The summed E-state index contributed by atoms with van der Waals surface area (Å²) in [7, 11) is 0. The van der Waals surface area contributed by atoms with Gasteiger partial charge in [0.2, 0.25) is 0 Å². The van der Waals surface area contributed by atoms with E-state index in [-0.39, 0.29) is 12.5 Å². The average Bonchev–Trinajstić information content (AvgIpc) is 3.03. The molecule has 1 aromatic heterocycles. The van der Waals surface area contributed by atoms with Crippen LogP contribution in [0.2, 0.25) is 5.02 Å². The maximum Gasteiger partial charge on any atom is 0.264 e. The summed E-state index contributed by atoms with van der Waals surface area (Å²) in [5.74, 6) is 0.325. The quantitative estimate of drug-likeness (QED) is 0.610. The predicted molar refractivity (Wildman–Crippen MR) is 101 cm³/mol. The first-order chi connectivity index (χ1) is 11.6. The molecule has 3 rings (SSSR count). The molecule has 2 aromatic carbocycles. The van der Waals surface area contributed by atoms with Crippen LogP contribution in [0.15, 0.2) is 58.4 Å². The van der Waals surface area contributed by atoms with Crippen LogP contribution in [0.5, 0.6) is 5.75 Å². The van der Waals surface area contributed by atoms with Crippen molar-refractivity contribution in [3.8, 4) is 17.0 Å². The average molecular weight is 424 g/mol. The van der Waals surface area contributed by atoms with Gasteiger partial charge in [0.1, 0.15) is 5.75 Å². The molecule has 1 heterocycles. The van der Waals surface area contributed by atoms with Crippen LogP contribution in [0.1, 0.15) is 0 Å². The lowest BCUT2D eigenvalue weighted by molar-refractivity contribution is -0.118. The molecule has 0 bridgehead atoms. The van der Waals surface area contributed by atoms with E-state index in [1.165, 1.54) is 11.3 Å². The smallest absolute Gasteiger partial charge is 0.264 e. The molecule has 0 atom stereocenters. The van der Waals surface area contributed by atoms with Crippen molar-refractivity contribution in [1.82, 2.24) is 4.98 Å². The van der Waals surface area contributed by atoms with Crippen LogP contribution in [0.4, 0.5) is 5.13 Å². The van der Waals surface area contributed by atoms with Crippen molar-refractivity contribution in [3.63, 3.8) is 0 Å². The Bertz CT molecular complexity index is 835. The molecule has 0 aliphatic rings. The van der Waals surface area contributed by atoms with Crippen molar-refractivity contribution >= 4 is 49.9 Å². The summed E-state index contributed by atoms with van der Waals surface area (Å²) >= 11 is 10.6. The van der Waals surface area contributed by atoms with Gasteiger partial charge < -0.3 is 4.74 Å². The molecule has 0 saturated heterocycles. The Balaban J connectivity index is 1.57. The molecular weight excluding hydrogens is 412 g/mol. The predicted octanol–water partition coefficient (Wildman–Crippen LogP) is 5.24. The third kappa shape index (κ3) is 4.56. The highest BCUT2D eigenvalue weighted by molar-refractivity contribution is 9.10. The fourth-order valence-electron chi connectivity index (χ4n) is 1.92. The SMILES string of the molecule is O=C(COc1ccc(Cl)cc1)Nc1nc(-c2ccc(Br)cc2)cs1. The number of hydrogen-bond donors (Lipinski definition) is 1. The van der Waals surface area contributed by atoms with Crippen LogP contribution in [-0.4, -0.2) is 17.5 Å². The van der Waals surface area contributed by atoms with Crippen molar-refractivity contribution in [1.29, 1.82) is 0 Å². The second-order valence-electron chi connectivity index (χ2n) is 4.84. The molecular formula is C17H12BrClN2O2S. The maximum absolute atomic E-state index is 11.9. The minimum atomic E-state index is -0.262. The van der Waals surface area contributed by atoms with Gasteiger partial charge in [-0.2, -0.15) is 0 Å². The molecule has 0 fully saturated rings. The monoisotopic (exact) mass is 422 g/mol. The van der Waals surface area contributed by atoms with Crippen LogP contribution in [0, 0.1) is 0 Å². The van der Waals surface area contributed by atoms with Crippen molar-refractivity contribution < 1.29 is 9.53 Å². The second kappa shape index (κ2) is 7.79. The van der Waals surface area contributed by atoms with Gasteiger partial charge in [0.05, 0.1) is 5.69 Å². The highest BCUT2D eigenvalue weighted by Gasteiger charge is 2.09. The van der Waals surface area contributed by atoms with E-state index >= 15 is 0 Å². The van der Waals surface area contributed by atoms with Crippen molar-refractivity contribution in [2.24, 2.45) is 0 Å². The molecule has 7 heteroatoms. The number of nitrogens with one attached hydrogen (secondary N) is 1. The van der Waals surface area contributed by atoms with Gasteiger partial charge in [0.25, 0.3) is 5.91 Å². The number of halogens is 2. The number of nitrogens with zero attached hydrogens (tertiary/aromatic N) is 1. The Morgan fingerprint density at radius 1 is 1.17 bits per heavy atom. The van der Waals surface area contributed by atoms with Gasteiger partial charge in [-0.15, -0.1) is 11.3 Å². The van der Waals surface area contributed by atoms with Crippen LogP contribution in [0.3, 0.4) is 0 Å². The number of amides is 1. The van der Waals surface area contributed by atoms with Gasteiger partial charge in [0.15, 0.2) is 11.7 Å². The zero-order valence-corrected chi connectivity index (χ0v) is 15.5. The highest BCUT2D eigenvalue weighted by Crippen LogP contribution is 2.26. The molecule has 0 spiro atoms. The minimum absolute atomic E-state index is 0.0885. The van der Waals surface area contributed by atoms with E-state index < -0.39 is 0 Å². The van der Waals surface area contributed by atoms with Gasteiger partial charge in [-0.1, -0.05) is 39.7 Å². The summed E-state index contributed by atoms with van der Waals surface area (Å²) in [6.07, 6.45) is 0. The molecule has 0 saturated carbocycles. The van der Waals surface area contributed by atoms with Gasteiger partial charge >= 0.3 is 0 Å². The zero-order valence-electron chi connectivity index (χ0n) is 12.3. The Morgan fingerprint density at radius 3 is 2.58 bits per heavy atom. The summed E-state index contributed by atoms with van der Waals surface area (Å²) < 4.78 is 6.41. The number of ether oxygens (including phenoxy) is 1. The van der Waals surface area contributed by atoms with Gasteiger partial charge in [0, 0.05) is 20.4 Å². The molecule has 0 radical (unpaired) electrons. The summed E-state index contributed by atoms with van der Waals surface area (Å²) in [4.78, 5) is 16.4. The Hall–Kier alpha value is -1.89. The lowest BCUT2D eigenvalue weighted by Gasteiger charge is -2.05. The first-order valence-electron chi connectivity index (χ1n) is 7.00. The van der Waals surface area contributed by atoms with E-state index in [4.69, 9.17) is 16.3 Å². The zero-order chi connectivity index (χ0) is 16.9. The van der Waals surface area contributed by atoms with E-state index in [1.54, 1.807) is 24.3 Å². The molecule has 0 aliphatic heterocycles. The van der Waals surface area contributed by atoms with Crippen molar-refractivity contribution in [3.05, 3.63) is 63.4 Å². The molecule has 0 aliphatic carbocycles. The van der Waals surface area contributed by atoms with Crippen LogP contribution < -0.4 is 10.1 Å². The number of benzene rings is 2. The number of carbonyl (C=O) groups is 1. The largest absolute Gasteiger partial charge is 0.484 e. The third-order valence-electron chi connectivity index (χ3n) is 3.07. The van der Waals surface area contributed by atoms with Crippen molar-refractivity contribution in [2.45, 2.75) is 0 Å². The molecule has 0 unspecified atom stereocenters. The summed E-state index contributed by atoms with van der Waals surface area (Å²) in [5, 5.41) is 5.79. The number of hydrogen-bond acceptors (Lipinski definition) is 4. The molecule has 122 valence electrons. The van der Waals surface area contributed by atoms with Crippen molar-refractivity contribution in [2.75, 3.05) is 11.9 Å². The Kier molecular flexibility index (Phi) is 5.50. The minimum Gasteiger partial charge on any atom is -0.484 e. The summed E-state index contributed by atoms with van der Waals surface area (Å²) in [6.45, 7) is -0.0885. The topological polar surface area (TPSA) is 51.2 Å². The molecule has 24 heavy (non-hydrogen) atoms. The van der Waals surface area contributed by atoms with E-state index in [0.717, 1.165) is 15.7 Å². The molecule has 1 N–H and O–H groups in total. The normalized spacial score (nSPS) is 10.4. The summed E-state index contributed by atoms with van der Waals surface area (Å²) in [5.41, 5.74) is 1.81. The lowest BCUT2D eigenvalue weighted by Crippen LogP contribution is -2.20. The second-order valence-corrected chi connectivity index (χ2v) is 7.05. The van der Waals surface area contributed by atoms with Crippen LogP contribution in [0.25, 0.3) is 11.3 Å². The maximum atomic E-state index is 11.9. The van der Waals surface area contributed by atoms with Gasteiger partial charge in [-0.05, 0) is 36.4 Å². The first-order valence-corrected chi connectivity index (χ1v) is 9.05. The number of rotatable bonds is 5. The van der Waals surface area contributed by atoms with E-state index in [9.17, 15) is 4.79 Å². The summed E-state index contributed by atoms with van der Waals surface area (Å²) in [6, 6.07) is 14.7. The van der Waals surface area contributed by atoms with E-state index in [2.05, 4.69) is 26.2 Å². The van der Waals surface area contributed by atoms with Gasteiger partial charge in [-0.3, -0.25) is 10.1 Å². The van der Waals surface area contributed by atoms with E-state index in [0.29, 0.717) is 15.9 Å². The lowest BCUT2D eigenvalue weighted by atomic mass is 10.2. The fourth-order valence-corrected chi connectivity index (χ4v) is 3.05. The third-order valence-corrected chi connectivity index (χ3v) is 4.61.